The van der Waals surface area contributed by atoms with Crippen LogP contribution in [-0.4, -0.2) is 25.5 Å². The lowest BCUT2D eigenvalue weighted by molar-refractivity contribution is -0.131. The van der Waals surface area contributed by atoms with Crippen molar-refractivity contribution in [3.8, 4) is 0 Å². The molecular weight excluding hydrogens is 236 g/mol. The molecule has 19 heavy (non-hydrogen) atoms. The fourth-order valence-electron chi connectivity index (χ4n) is 3.53. The Labute approximate surface area is 115 Å². The molecule has 2 heterocycles. The number of anilines is 1. The first-order valence-corrected chi connectivity index (χ1v) is 7.31. The van der Waals surface area contributed by atoms with Crippen molar-refractivity contribution in [2.75, 3.05) is 24.5 Å². The maximum atomic E-state index is 12.9. The Kier molecular flexibility index (Phi) is 3.31. The third-order valence-electron chi connectivity index (χ3n) is 4.61. The van der Waals surface area contributed by atoms with E-state index in [0.717, 1.165) is 51.0 Å². The summed E-state index contributed by atoms with van der Waals surface area (Å²) in [5.41, 5.74) is 2.15. The zero-order chi connectivity index (χ0) is 13.3. The Morgan fingerprint density at radius 2 is 2.00 bits per heavy atom. The highest BCUT2D eigenvalue weighted by Crippen LogP contribution is 2.39. The van der Waals surface area contributed by atoms with Crippen LogP contribution in [0.4, 0.5) is 5.69 Å². The molecule has 3 rings (SSSR count). The highest BCUT2D eigenvalue weighted by Gasteiger charge is 2.44. The van der Waals surface area contributed by atoms with E-state index >= 15 is 0 Å². The third-order valence-corrected chi connectivity index (χ3v) is 4.61. The largest absolute Gasteiger partial charge is 0.316 e. The lowest BCUT2D eigenvalue weighted by atomic mass is 9.73. The Morgan fingerprint density at radius 1 is 1.21 bits per heavy atom. The summed E-state index contributed by atoms with van der Waals surface area (Å²) in [6, 6.07) is 8.22. The number of nitrogens with zero attached hydrogens (tertiary/aromatic N) is 1. The van der Waals surface area contributed by atoms with Crippen LogP contribution in [0.1, 0.15) is 31.2 Å². The number of carbonyl (C=O) groups is 1. The molecule has 1 aromatic carbocycles. The summed E-state index contributed by atoms with van der Waals surface area (Å²) in [6.07, 6.45) is 4.32. The molecule has 2 fully saturated rings. The second-order valence-corrected chi connectivity index (χ2v) is 5.91. The summed E-state index contributed by atoms with van der Waals surface area (Å²) in [4.78, 5) is 15.0. The number of hydrogen-bond donors (Lipinski definition) is 1. The molecule has 3 heteroatoms. The number of aryl methyl sites for hydroxylation is 1. The average Bonchev–Trinajstić information content (AvgIpc) is 2.44. The fourth-order valence-corrected chi connectivity index (χ4v) is 3.53. The first-order valence-electron chi connectivity index (χ1n) is 7.31. The van der Waals surface area contributed by atoms with Crippen LogP contribution in [0.5, 0.6) is 0 Å². The maximum Gasteiger partial charge on any atom is 0.234 e. The van der Waals surface area contributed by atoms with Crippen LogP contribution >= 0.6 is 0 Å². The van der Waals surface area contributed by atoms with E-state index in [4.69, 9.17) is 0 Å². The van der Waals surface area contributed by atoms with Gasteiger partial charge in [-0.1, -0.05) is 18.2 Å². The van der Waals surface area contributed by atoms with E-state index in [1.165, 1.54) is 5.56 Å². The highest BCUT2D eigenvalue weighted by atomic mass is 16.2. The lowest BCUT2D eigenvalue weighted by Gasteiger charge is -2.44. The number of piperidine rings is 2. The van der Waals surface area contributed by atoms with Crippen LogP contribution in [0.25, 0.3) is 0 Å². The minimum atomic E-state index is -0.140. The molecule has 0 saturated carbocycles. The Hall–Kier alpha value is -1.35. The van der Waals surface area contributed by atoms with E-state index in [-0.39, 0.29) is 5.41 Å². The molecule has 1 aromatic rings. The summed E-state index contributed by atoms with van der Waals surface area (Å²) in [5, 5.41) is 3.41. The molecule has 1 spiro atoms. The van der Waals surface area contributed by atoms with Gasteiger partial charge >= 0.3 is 0 Å². The second-order valence-electron chi connectivity index (χ2n) is 5.91. The standard InChI is InChI=1S/C16H22N2O/c1-13-6-2-3-7-14(13)18-11-5-9-16(15(18)19)8-4-10-17-12-16/h2-3,6-7,17H,4-5,8-12H2,1H3. The molecule has 2 aliphatic heterocycles. The maximum absolute atomic E-state index is 12.9. The minimum absolute atomic E-state index is 0.140. The Bertz CT molecular complexity index is 472. The van der Waals surface area contributed by atoms with E-state index in [1.807, 2.05) is 17.0 Å². The van der Waals surface area contributed by atoms with Crippen LogP contribution in [0.3, 0.4) is 0 Å². The molecule has 102 valence electrons. The normalized spacial score (nSPS) is 27.8. The number of hydrogen-bond acceptors (Lipinski definition) is 2. The molecule has 1 amide bonds. The van der Waals surface area contributed by atoms with Gasteiger partial charge in [-0.2, -0.15) is 0 Å². The molecule has 2 saturated heterocycles. The number of benzene rings is 1. The van der Waals surface area contributed by atoms with E-state index in [9.17, 15) is 4.79 Å². The molecule has 0 aromatic heterocycles. The van der Waals surface area contributed by atoms with Gasteiger partial charge in [-0.25, -0.2) is 0 Å². The Balaban J connectivity index is 1.91. The molecule has 1 N–H and O–H groups in total. The third kappa shape index (κ3) is 2.16. The smallest absolute Gasteiger partial charge is 0.234 e. The molecule has 0 aliphatic carbocycles. The van der Waals surface area contributed by atoms with Crippen molar-refractivity contribution < 1.29 is 4.79 Å². The van der Waals surface area contributed by atoms with Gasteiger partial charge in [0, 0.05) is 18.8 Å². The summed E-state index contributed by atoms with van der Waals surface area (Å²) >= 11 is 0. The molecule has 0 bridgehead atoms. The molecule has 3 nitrogen and oxygen atoms in total. The van der Waals surface area contributed by atoms with E-state index in [1.54, 1.807) is 0 Å². The summed E-state index contributed by atoms with van der Waals surface area (Å²) in [5.74, 6) is 0.334. The van der Waals surface area contributed by atoms with E-state index in [0.29, 0.717) is 5.91 Å². The number of para-hydroxylation sites is 1. The van der Waals surface area contributed by atoms with Crippen molar-refractivity contribution in [2.24, 2.45) is 5.41 Å². The Morgan fingerprint density at radius 3 is 2.74 bits per heavy atom. The quantitative estimate of drug-likeness (QED) is 0.839. The van der Waals surface area contributed by atoms with Gasteiger partial charge in [0.15, 0.2) is 0 Å². The minimum Gasteiger partial charge on any atom is -0.316 e. The topological polar surface area (TPSA) is 32.3 Å². The average molecular weight is 258 g/mol. The zero-order valence-electron chi connectivity index (χ0n) is 11.6. The molecular formula is C16H22N2O. The van der Waals surface area contributed by atoms with Crippen molar-refractivity contribution in [3.05, 3.63) is 29.8 Å². The van der Waals surface area contributed by atoms with Gasteiger partial charge in [-0.05, 0) is 50.8 Å². The van der Waals surface area contributed by atoms with E-state index < -0.39 is 0 Å². The summed E-state index contributed by atoms with van der Waals surface area (Å²) in [6.45, 7) is 4.86. The van der Waals surface area contributed by atoms with E-state index in [2.05, 4.69) is 24.4 Å². The summed E-state index contributed by atoms with van der Waals surface area (Å²) < 4.78 is 0. The predicted octanol–water partition coefficient (Wildman–Crippen LogP) is 2.49. The molecule has 1 unspecified atom stereocenters. The van der Waals surface area contributed by atoms with Crippen molar-refractivity contribution >= 4 is 11.6 Å². The van der Waals surface area contributed by atoms with Crippen molar-refractivity contribution in [2.45, 2.75) is 32.6 Å². The van der Waals surface area contributed by atoms with Crippen LogP contribution in [0, 0.1) is 12.3 Å². The SMILES string of the molecule is Cc1ccccc1N1CCCC2(CCCNC2)C1=O. The molecule has 1 atom stereocenters. The zero-order valence-corrected chi connectivity index (χ0v) is 11.6. The summed E-state index contributed by atoms with van der Waals surface area (Å²) in [7, 11) is 0. The number of amides is 1. The second kappa shape index (κ2) is 4.97. The number of nitrogens with one attached hydrogen (secondary N) is 1. The van der Waals surface area contributed by atoms with Crippen LogP contribution < -0.4 is 10.2 Å². The van der Waals surface area contributed by atoms with Gasteiger partial charge in [-0.3, -0.25) is 4.79 Å². The predicted molar refractivity (Wildman–Crippen MR) is 77.3 cm³/mol. The van der Waals surface area contributed by atoms with Crippen LogP contribution in [0.15, 0.2) is 24.3 Å². The number of carbonyl (C=O) groups excluding carboxylic acids is 1. The molecule has 2 aliphatic rings. The van der Waals surface area contributed by atoms with Gasteiger partial charge in [0.05, 0.1) is 5.41 Å². The first-order chi connectivity index (χ1) is 9.23. The first kappa shape index (κ1) is 12.7. The lowest BCUT2D eigenvalue weighted by Crippen LogP contribution is -2.55. The van der Waals surface area contributed by atoms with Crippen molar-refractivity contribution in [1.29, 1.82) is 0 Å². The monoisotopic (exact) mass is 258 g/mol. The fraction of sp³-hybridized carbons (Fsp3) is 0.562. The van der Waals surface area contributed by atoms with Crippen molar-refractivity contribution in [1.82, 2.24) is 5.32 Å². The highest BCUT2D eigenvalue weighted by molar-refractivity contribution is 5.99. The number of rotatable bonds is 1. The van der Waals surface area contributed by atoms with Crippen LogP contribution in [-0.2, 0) is 4.79 Å². The van der Waals surface area contributed by atoms with Gasteiger partial charge in [0.25, 0.3) is 0 Å². The van der Waals surface area contributed by atoms with Gasteiger partial charge in [0.1, 0.15) is 0 Å². The van der Waals surface area contributed by atoms with Gasteiger partial charge in [-0.15, -0.1) is 0 Å². The van der Waals surface area contributed by atoms with Crippen LogP contribution in [0.2, 0.25) is 0 Å². The van der Waals surface area contributed by atoms with Gasteiger partial charge in [0.2, 0.25) is 5.91 Å². The van der Waals surface area contributed by atoms with Crippen molar-refractivity contribution in [3.63, 3.8) is 0 Å². The molecule has 0 radical (unpaired) electrons. The van der Waals surface area contributed by atoms with Gasteiger partial charge < -0.3 is 10.2 Å².